The number of aromatic nitrogens is 2. The third-order valence-corrected chi connectivity index (χ3v) is 11.0. The molecule has 6 amide bonds. The molecule has 4 aromatic rings. The Hall–Kier alpha value is -6.64. The monoisotopic (exact) mass is 756 g/mol. The van der Waals surface area contributed by atoms with E-state index in [0.29, 0.717) is 43.2 Å². The Morgan fingerprint density at radius 3 is 2.07 bits per heavy atom. The first-order valence-corrected chi connectivity index (χ1v) is 18.7. The number of anilines is 3. The lowest BCUT2D eigenvalue weighted by molar-refractivity contribution is -0.149. The number of piperazine rings is 1. The number of rotatable bonds is 8. The molecule has 0 radical (unpaired) electrons. The summed E-state index contributed by atoms with van der Waals surface area (Å²) in [6.07, 6.45) is 4.50. The fourth-order valence-electron chi connectivity index (χ4n) is 7.73. The Labute approximate surface area is 322 Å². The molecule has 1 atom stereocenters. The Balaban J connectivity index is 0.799. The van der Waals surface area contributed by atoms with Crippen LogP contribution in [0.5, 0.6) is 11.8 Å². The van der Waals surface area contributed by atoms with Crippen LogP contribution in [0.25, 0.3) is 0 Å². The lowest BCUT2D eigenvalue weighted by atomic mass is 9.94. The Morgan fingerprint density at radius 2 is 1.38 bits per heavy atom. The highest BCUT2D eigenvalue weighted by molar-refractivity contribution is 6.23. The van der Waals surface area contributed by atoms with Gasteiger partial charge in [0.05, 0.1) is 16.7 Å². The number of hydrogen-bond acceptors (Lipinski definition) is 11. The van der Waals surface area contributed by atoms with E-state index in [-0.39, 0.29) is 53.6 Å². The number of carbonyl (C=O) groups is 6. The highest BCUT2D eigenvalue weighted by Crippen LogP contribution is 2.33. The van der Waals surface area contributed by atoms with Gasteiger partial charge in [0.2, 0.25) is 11.8 Å². The quantitative estimate of drug-likeness (QED) is 0.260. The van der Waals surface area contributed by atoms with Crippen LogP contribution in [0, 0.1) is 5.92 Å². The number of piperidine rings is 2. The van der Waals surface area contributed by atoms with E-state index >= 15 is 0 Å². The van der Waals surface area contributed by atoms with Gasteiger partial charge in [0.1, 0.15) is 11.8 Å². The maximum atomic E-state index is 13.6. The van der Waals surface area contributed by atoms with E-state index in [2.05, 4.69) is 25.1 Å². The summed E-state index contributed by atoms with van der Waals surface area (Å²) in [5.41, 5.74) is 3.22. The van der Waals surface area contributed by atoms with E-state index in [9.17, 15) is 28.8 Å². The fraction of sp³-hybridized carbons (Fsp3) is 0.317. The lowest BCUT2D eigenvalue weighted by Crippen LogP contribution is -2.54. The van der Waals surface area contributed by atoms with Crippen LogP contribution in [-0.4, -0.2) is 112 Å². The van der Waals surface area contributed by atoms with Gasteiger partial charge < -0.3 is 24.8 Å². The molecule has 3 fully saturated rings. The van der Waals surface area contributed by atoms with E-state index in [0.717, 1.165) is 47.1 Å². The number of carbonyl (C=O) groups excluding carboxylic acids is 6. The van der Waals surface area contributed by atoms with Crippen molar-refractivity contribution in [3.8, 4) is 11.8 Å². The molecule has 8 rings (SSSR count). The SMILES string of the molecule is CN1C(=O)CCC(N2C(=O)c3ccc(N4CCN(C(=O)C5CCN(c6ccc(NC(=O)c7cnc(Oc8ccccc8)nc7)cc6)CC5)CC4)cc3C2=O)C1=O. The number of fused-ring (bicyclic) bond motifs is 1. The van der Waals surface area contributed by atoms with Crippen molar-refractivity contribution < 1.29 is 33.5 Å². The highest BCUT2D eigenvalue weighted by atomic mass is 16.5. The summed E-state index contributed by atoms with van der Waals surface area (Å²) in [5, 5.41) is 2.88. The molecule has 4 aliphatic heterocycles. The minimum Gasteiger partial charge on any atom is -0.424 e. The lowest BCUT2D eigenvalue weighted by Gasteiger charge is -2.39. The van der Waals surface area contributed by atoms with E-state index in [1.165, 1.54) is 19.4 Å². The predicted octanol–water partition coefficient (Wildman–Crippen LogP) is 3.83. The van der Waals surface area contributed by atoms with Crippen LogP contribution in [-0.2, 0) is 14.4 Å². The van der Waals surface area contributed by atoms with Crippen molar-refractivity contribution >= 4 is 52.5 Å². The van der Waals surface area contributed by atoms with Gasteiger partial charge in [-0.15, -0.1) is 0 Å². The number of para-hydroxylation sites is 1. The number of hydrogen-bond donors (Lipinski definition) is 1. The molecule has 0 bridgehead atoms. The van der Waals surface area contributed by atoms with Crippen molar-refractivity contribution in [2.45, 2.75) is 31.7 Å². The summed E-state index contributed by atoms with van der Waals surface area (Å²) < 4.78 is 5.60. The van der Waals surface area contributed by atoms with Crippen molar-refractivity contribution in [2.75, 3.05) is 61.4 Å². The second kappa shape index (κ2) is 15.2. The van der Waals surface area contributed by atoms with E-state index in [1.807, 2.05) is 47.4 Å². The number of nitrogens with one attached hydrogen (secondary N) is 1. The Morgan fingerprint density at radius 1 is 0.732 bits per heavy atom. The number of ether oxygens (including phenoxy) is 1. The zero-order valence-corrected chi connectivity index (χ0v) is 30.8. The zero-order chi connectivity index (χ0) is 38.9. The van der Waals surface area contributed by atoms with Crippen LogP contribution in [0.4, 0.5) is 17.1 Å². The molecule has 1 N–H and O–H groups in total. The van der Waals surface area contributed by atoms with E-state index in [4.69, 9.17) is 4.74 Å². The number of imide groups is 2. The van der Waals surface area contributed by atoms with Crippen molar-refractivity contribution in [1.29, 1.82) is 0 Å². The number of likely N-dealkylation sites (N-methyl/N-ethyl adjacent to an activating group) is 1. The number of nitrogens with zero attached hydrogens (tertiary/aromatic N) is 7. The topological polar surface area (TPSA) is 166 Å². The van der Waals surface area contributed by atoms with Gasteiger partial charge in [-0.25, -0.2) is 9.97 Å². The van der Waals surface area contributed by atoms with Crippen molar-refractivity contribution in [3.05, 3.63) is 102 Å². The first-order valence-electron chi connectivity index (χ1n) is 18.7. The summed E-state index contributed by atoms with van der Waals surface area (Å²) in [7, 11) is 1.37. The maximum absolute atomic E-state index is 13.6. The molecule has 5 heterocycles. The molecule has 3 aromatic carbocycles. The third-order valence-electron chi connectivity index (χ3n) is 11.0. The normalized spacial score (nSPS) is 19.0. The van der Waals surface area contributed by atoms with Gasteiger partial charge in [-0.05, 0) is 73.9 Å². The third kappa shape index (κ3) is 7.14. The molecule has 286 valence electrons. The molecule has 3 saturated heterocycles. The Kier molecular flexibility index (Phi) is 9.89. The van der Waals surface area contributed by atoms with Gasteiger partial charge in [0.25, 0.3) is 23.6 Å². The van der Waals surface area contributed by atoms with Crippen LogP contribution >= 0.6 is 0 Å². The van der Waals surface area contributed by atoms with Gasteiger partial charge in [0.15, 0.2) is 0 Å². The summed E-state index contributed by atoms with van der Waals surface area (Å²) in [6, 6.07) is 21.0. The van der Waals surface area contributed by atoms with Gasteiger partial charge in [-0.1, -0.05) is 18.2 Å². The molecule has 15 nitrogen and oxygen atoms in total. The molecule has 0 saturated carbocycles. The summed E-state index contributed by atoms with van der Waals surface area (Å²) in [5.74, 6) is -1.59. The van der Waals surface area contributed by atoms with Crippen LogP contribution in [0.3, 0.4) is 0 Å². The van der Waals surface area contributed by atoms with Crippen molar-refractivity contribution in [1.82, 2.24) is 24.7 Å². The van der Waals surface area contributed by atoms with E-state index < -0.39 is 23.8 Å². The van der Waals surface area contributed by atoms with Crippen LogP contribution in [0.15, 0.2) is 85.2 Å². The smallest absolute Gasteiger partial charge is 0.321 e. The second-order valence-electron chi connectivity index (χ2n) is 14.3. The molecule has 1 aromatic heterocycles. The zero-order valence-electron chi connectivity index (χ0n) is 30.8. The predicted molar refractivity (Wildman–Crippen MR) is 204 cm³/mol. The van der Waals surface area contributed by atoms with Gasteiger partial charge in [-0.3, -0.25) is 38.6 Å². The van der Waals surface area contributed by atoms with Crippen molar-refractivity contribution in [3.63, 3.8) is 0 Å². The first kappa shape index (κ1) is 36.3. The fourth-order valence-corrected chi connectivity index (χ4v) is 7.73. The molecular weight excluding hydrogens is 716 g/mol. The first-order chi connectivity index (χ1) is 27.1. The number of amides is 6. The standard InChI is InChI=1S/C41H40N8O7/c1-45-35(50)14-13-34(40(45)55)49-38(53)32-12-11-30(23-33(32)39(49)54)47-19-21-48(22-20-47)37(52)26-15-17-46(18-16-26)29-9-7-28(8-10-29)44-36(51)27-24-42-41(43-25-27)56-31-5-3-2-4-6-31/h2-12,23-26,34H,13-22H2,1H3,(H,44,51). The van der Waals surface area contributed by atoms with Crippen molar-refractivity contribution in [2.24, 2.45) is 5.92 Å². The largest absolute Gasteiger partial charge is 0.424 e. The van der Waals surface area contributed by atoms with Gasteiger partial charge in [-0.2, -0.15) is 0 Å². The van der Waals surface area contributed by atoms with Crippen LogP contribution in [0.1, 0.15) is 56.8 Å². The van der Waals surface area contributed by atoms with Gasteiger partial charge >= 0.3 is 6.01 Å². The van der Waals surface area contributed by atoms with Crippen LogP contribution in [0.2, 0.25) is 0 Å². The van der Waals surface area contributed by atoms with Gasteiger partial charge in [0, 0.05) is 88.1 Å². The summed E-state index contributed by atoms with van der Waals surface area (Å²) in [6.45, 7) is 3.69. The average molecular weight is 757 g/mol. The maximum Gasteiger partial charge on any atom is 0.321 e. The number of likely N-dealkylation sites (tertiary alicyclic amines) is 1. The Bertz CT molecular complexity index is 2180. The highest BCUT2D eigenvalue weighted by Gasteiger charge is 2.46. The minimum absolute atomic E-state index is 0.0745. The molecule has 1 unspecified atom stereocenters. The summed E-state index contributed by atoms with van der Waals surface area (Å²) in [4.78, 5) is 94.3. The van der Waals surface area contributed by atoms with E-state index in [1.54, 1.807) is 30.3 Å². The molecule has 4 aliphatic rings. The molecule has 56 heavy (non-hydrogen) atoms. The molecule has 0 spiro atoms. The van der Waals surface area contributed by atoms with Crippen LogP contribution < -0.4 is 19.9 Å². The molecule has 0 aliphatic carbocycles. The summed E-state index contributed by atoms with van der Waals surface area (Å²) >= 11 is 0. The number of benzene rings is 3. The average Bonchev–Trinajstić information content (AvgIpc) is 3.48. The second-order valence-corrected chi connectivity index (χ2v) is 14.3. The minimum atomic E-state index is -0.997. The molecule has 15 heteroatoms. The molecular formula is C41H40N8O7.